The summed E-state index contributed by atoms with van der Waals surface area (Å²) in [5, 5.41) is 10.5. The summed E-state index contributed by atoms with van der Waals surface area (Å²) in [6.45, 7) is 0. The fraction of sp³-hybridized carbons (Fsp3) is 0.222. The molecule has 0 unspecified atom stereocenters. The number of hydrogen-bond acceptors (Lipinski definition) is 4. The molecule has 1 aromatic rings. The molecule has 0 N–H and O–H groups in total. The standard InChI is InChI=1S/C9H8ClFN2O3S/c1-12(2)9(17)16-8-6(10)3-5(11)4-7(8)13(14)15/h3-4H,1-2H3. The zero-order valence-corrected chi connectivity index (χ0v) is 10.5. The van der Waals surface area contributed by atoms with Gasteiger partial charge in [0, 0.05) is 14.1 Å². The first-order chi connectivity index (χ1) is 7.82. The minimum atomic E-state index is -0.815. The smallest absolute Gasteiger partial charge is 0.316 e. The topological polar surface area (TPSA) is 55.6 Å². The summed E-state index contributed by atoms with van der Waals surface area (Å²) in [6.07, 6.45) is 0. The summed E-state index contributed by atoms with van der Waals surface area (Å²) in [5.74, 6) is -1.08. The first-order valence-corrected chi connectivity index (χ1v) is 5.14. The number of benzene rings is 1. The van der Waals surface area contributed by atoms with Gasteiger partial charge in [0.1, 0.15) is 5.82 Å². The predicted molar refractivity (Wildman–Crippen MR) is 65.0 cm³/mol. The molecule has 5 nitrogen and oxygen atoms in total. The van der Waals surface area contributed by atoms with Gasteiger partial charge in [-0.05, 0) is 18.3 Å². The third-order valence-electron chi connectivity index (χ3n) is 1.74. The summed E-state index contributed by atoms with van der Waals surface area (Å²) in [4.78, 5) is 11.4. The van der Waals surface area contributed by atoms with Crippen molar-refractivity contribution in [2.45, 2.75) is 0 Å². The number of nitrogens with zero attached hydrogens (tertiary/aromatic N) is 2. The fourth-order valence-corrected chi connectivity index (χ4v) is 1.28. The minimum absolute atomic E-state index is 0.0124. The first kappa shape index (κ1) is 13.6. The number of rotatable bonds is 2. The first-order valence-electron chi connectivity index (χ1n) is 4.35. The number of ether oxygens (including phenoxy) is 1. The Kier molecular flexibility index (Phi) is 4.19. The number of thiocarbonyl (C=S) groups is 1. The SMILES string of the molecule is CN(C)C(=S)Oc1c(Cl)cc(F)cc1[N+](=O)[O-]. The van der Waals surface area contributed by atoms with Crippen LogP contribution in [0.1, 0.15) is 0 Å². The second-order valence-electron chi connectivity index (χ2n) is 3.26. The maximum Gasteiger partial charge on any atom is 0.316 e. The molecule has 92 valence electrons. The van der Waals surface area contributed by atoms with Crippen LogP contribution < -0.4 is 4.74 Å². The van der Waals surface area contributed by atoms with Gasteiger partial charge in [0.2, 0.25) is 5.75 Å². The zero-order chi connectivity index (χ0) is 13.2. The summed E-state index contributed by atoms with van der Waals surface area (Å²) < 4.78 is 18.0. The lowest BCUT2D eigenvalue weighted by atomic mass is 10.3. The molecule has 0 aliphatic carbocycles. The van der Waals surface area contributed by atoms with Gasteiger partial charge < -0.3 is 9.64 Å². The third-order valence-corrected chi connectivity index (χ3v) is 2.47. The van der Waals surface area contributed by atoms with Gasteiger partial charge in [-0.25, -0.2) is 4.39 Å². The van der Waals surface area contributed by atoms with Crippen molar-refractivity contribution in [2.75, 3.05) is 14.1 Å². The van der Waals surface area contributed by atoms with E-state index in [-0.39, 0.29) is 15.9 Å². The van der Waals surface area contributed by atoms with E-state index >= 15 is 0 Å². The van der Waals surface area contributed by atoms with E-state index in [1.54, 1.807) is 14.1 Å². The van der Waals surface area contributed by atoms with Crippen LogP contribution in [0.3, 0.4) is 0 Å². The van der Waals surface area contributed by atoms with Crippen molar-refractivity contribution in [1.29, 1.82) is 0 Å². The molecule has 1 aromatic carbocycles. The zero-order valence-electron chi connectivity index (χ0n) is 8.94. The summed E-state index contributed by atoms with van der Waals surface area (Å²) in [5.41, 5.74) is -0.570. The van der Waals surface area contributed by atoms with Crippen molar-refractivity contribution < 1.29 is 14.1 Å². The van der Waals surface area contributed by atoms with Crippen molar-refractivity contribution in [3.8, 4) is 5.75 Å². The maximum atomic E-state index is 13.0. The van der Waals surface area contributed by atoms with Crippen molar-refractivity contribution >= 4 is 34.7 Å². The van der Waals surface area contributed by atoms with Gasteiger partial charge >= 0.3 is 5.69 Å². The summed E-state index contributed by atoms with van der Waals surface area (Å²) in [7, 11) is 3.21. The van der Waals surface area contributed by atoms with E-state index in [2.05, 4.69) is 0 Å². The molecule has 1 rings (SSSR count). The molecule has 0 bridgehead atoms. The van der Waals surface area contributed by atoms with Crippen LogP contribution in [-0.2, 0) is 0 Å². The molecular formula is C9H8ClFN2O3S. The van der Waals surface area contributed by atoms with E-state index in [1.807, 2.05) is 0 Å². The van der Waals surface area contributed by atoms with Crippen LogP contribution in [0.4, 0.5) is 10.1 Å². The largest absolute Gasteiger partial charge is 0.423 e. The van der Waals surface area contributed by atoms with E-state index in [4.69, 9.17) is 28.6 Å². The van der Waals surface area contributed by atoms with Gasteiger partial charge in [-0.2, -0.15) is 0 Å². The van der Waals surface area contributed by atoms with E-state index in [0.29, 0.717) is 0 Å². The number of hydrogen-bond donors (Lipinski definition) is 0. The van der Waals surface area contributed by atoms with Crippen LogP contribution in [0.2, 0.25) is 5.02 Å². The molecule has 0 heterocycles. The second kappa shape index (κ2) is 5.24. The Morgan fingerprint density at radius 1 is 1.59 bits per heavy atom. The van der Waals surface area contributed by atoms with E-state index in [9.17, 15) is 14.5 Å². The van der Waals surface area contributed by atoms with Gasteiger partial charge in [-0.1, -0.05) is 11.6 Å². The van der Waals surface area contributed by atoms with Crippen LogP contribution in [0.15, 0.2) is 12.1 Å². The van der Waals surface area contributed by atoms with Crippen LogP contribution in [0.5, 0.6) is 5.75 Å². The molecule has 0 aliphatic rings. The molecule has 0 radical (unpaired) electrons. The molecule has 0 aromatic heterocycles. The molecule has 8 heteroatoms. The number of halogens is 2. The Morgan fingerprint density at radius 2 is 2.18 bits per heavy atom. The molecule has 0 fully saturated rings. The Balaban J connectivity index is 3.22. The van der Waals surface area contributed by atoms with Gasteiger partial charge in [0.15, 0.2) is 0 Å². The summed E-state index contributed by atoms with van der Waals surface area (Å²) in [6, 6.07) is 1.64. The highest BCUT2D eigenvalue weighted by Gasteiger charge is 2.22. The average molecular weight is 279 g/mol. The van der Waals surface area contributed by atoms with E-state index in [1.165, 1.54) is 4.90 Å². The highest BCUT2D eigenvalue weighted by Crippen LogP contribution is 2.35. The lowest BCUT2D eigenvalue weighted by molar-refractivity contribution is -0.385. The molecule has 17 heavy (non-hydrogen) atoms. The fourth-order valence-electron chi connectivity index (χ4n) is 0.962. The summed E-state index contributed by atoms with van der Waals surface area (Å²) >= 11 is 10.5. The van der Waals surface area contributed by atoms with Crippen LogP contribution in [0.25, 0.3) is 0 Å². The van der Waals surface area contributed by atoms with Gasteiger partial charge in [-0.15, -0.1) is 0 Å². The molecular weight excluding hydrogens is 271 g/mol. The predicted octanol–water partition coefficient (Wildman–Crippen LogP) is 2.61. The highest BCUT2D eigenvalue weighted by atomic mass is 35.5. The number of nitro groups is 1. The Morgan fingerprint density at radius 3 is 2.65 bits per heavy atom. The van der Waals surface area contributed by atoms with Crippen LogP contribution >= 0.6 is 23.8 Å². The van der Waals surface area contributed by atoms with Gasteiger partial charge in [-0.3, -0.25) is 10.1 Å². The van der Waals surface area contributed by atoms with Gasteiger partial charge in [0.25, 0.3) is 5.17 Å². The average Bonchev–Trinajstić information content (AvgIpc) is 2.20. The van der Waals surface area contributed by atoms with Crippen molar-refractivity contribution in [2.24, 2.45) is 0 Å². The lowest BCUT2D eigenvalue weighted by Crippen LogP contribution is -2.25. The maximum absolute atomic E-state index is 13.0. The molecule has 0 amide bonds. The van der Waals surface area contributed by atoms with Crippen LogP contribution in [0, 0.1) is 15.9 Å². The van der Waals surface area contributed by atoms with E-state index in [0.717, 1.165) is 12.1 Å². The van der Waals surface area contributed by atoms with E-state index < -0.39 is 16.4 Å². The monoisotopic (exact) mass is 278 g/mol. The normalized spacial score (nSPS) is 9.88. The molecule has 0 saturated heterocycles. The molecule has 0 aliphatic heterocycles. The Bertz CT molecular complexity index is 482. The third kappa shape index (κ3) is 3.24. The van der Waals surface area contributed by atoms with Crippen molar-refractivity contribution in [1.82, 2.24) is 4.90 Å². The Hall–Kier alpha value is -1.47. The van der Waals surface area contributed by atoms with Gasteiger partial charge in [0.05, 0.1) is 16.0 Å². The Labute approximate surface area is 107 Å². The quantitative estimate of drug-likeness (QED) is 0.473. The second-order valence-corrected chi connectivity index (χ2v) is 4.01. The number of nitro benzene ring substituents is 1. The van der Waals surface area contributed by atoms with Crippen molar-refractivity contribution in [3.05, 3.63) is 33.1 Å². The lowest BCUT2D eigenvalue weighted by Gasteiger charge is -2.14. The molecule has 0 spiro atoms. The molecule has 0 atom stereocenters. The van der Waals surface area contributed by atoms with Crippen LogP contribution in [-0.4, -0.2) is 29.1 Å². The molecule has 0 saturated carbocycles. The van der Waals surface area contributed by atoms with Crippen molar-refractivity contribution in [3.63, 3.8) is 0 Å². The highest BCUT2D eigenvalue weighted by molar-refractivity contribution is 7.80. The minimum Gasteiger partial charge on any atom is -0.423 e.